The smallest absolute Gasteiger partial charge is 0.150 e. The van der Waals surface area contributed by atoms with Gasteiger partial charge in [0.15, 0.2) is 0 Å². The molecule has 2 aromatic carbocycles. The Morgan fingerprint density at radius 1 is 1.08 bits per heavy atom. The Labute approximate surface area is 153 Å². The number of nitrogens with zero attached hydrogens (tertiary/aromatic N) is 3. The molecule has 0 aliphatic heterocycles. The molecule has 0 unspecified atom stereocenters. The van der Waals surface area contributed by atoms with Gasteiger partial charge >= 0.3 is 0 Å². The second-order valence-electron chi connectivity index (χ2n) is 6.37. The van der Waals surface area contributed by atoms with E-state index >= 15 is 0 Å². The van der Waals surface area contributed by atoms with E-state index in [9.17, 15) is 0 Å². The van der Waals surface area contributed by atoms with E-state index in [0.29, 0.717) is 11.5 Å². The van der Waals surface area contributed by atoms with E-state index in [2.05, 4.69) is 52.7 Å². The average Bonchev–Trinajstić information content (AvgIpc) is 3.05. The second-order valence-corrected chi connectivity index (χ2v) is 7.16. The molecular formula is C19H18BrN5. The van der Waals surface area contributed by atoms with Gasteiger partial charge in [-0.1, -0.05) is 22.0 Å². The highest BCUT2D eigenvalue weighted by atomic mass is 79.9. The van der Waals surface area contributed by atoms with Gasteiger partial charge in [-0.2, -0.15) is 0 Å². The second kappa shape index (κ2) is 5.46. The highest BCUT2D eigenvalue weighted by Gasteiger charge is 2.18. The van der Waals surface area contributed by atoms with Crippen LogP contribution < -0.4 is 11.5 Å². The van der Waals surface area contributed by atoms with Gasteiger partial charge < -0.3 is 11.5 Å². The van der Waals surface area contributed by atoms with Crippen LogP contribution in [0.2, 0.25) is 0 Å². The molecule has 2 heterocycles. The van der Waals surface area contributed by atoms with Crippen LogP contribution in [0.1, 0.15) is 16.7 Å². The number of benzene rings is 2. The maximum absolute atomic E-state index is 6.27. The Kier molecular flexibility index (Phi) is 3.47. The zero-order chi connectivity index (χ0) is 17.9. The summed E-state index contributed by atoms with van der Waals surface area (Å²) < 4.78 is 3.01. The summed E-state index contributed by atoms with van der Waals surface area (Å²) in [4.78, 5) is 8.87. The maximum Gasteiger partial charge on any atom is 0.150 e. The number of imidazole rings is 1. The van der Waals surface area contributed by atoms with Crippen molar-refractivity contribution in [3.05, 3.63) is 51.9 Å². The first-order valence-electron chi connectivity index (χ1n) is 7.96. The number of anilines is 2. The number of rotatable bonds is 1. The molecule has 2 aromatic heterocycles. The standard InChI is InChI=1S/C19H18BrN5/c1-9-6-10(2)16(20)11(3)15(9)12-4-5-13(21)18-17(12)24-19(22)14-7-23-8-25(14)18/h4-8H,21H2,1-3H3,(H2,22,24). The Hall–Kier alpha value is -2.60. The van der Waals surface area contributed by atoms with E-state index in [1.54, 1.807) is 12.5 Å². The Morgan fingerprint density at radius 2 is 1.84 bits per heavy atom. The van der Waals surface area contributed by atoms with Crippen molar-refractivity contribution in [2.24, 2.45) is 0 Å². The lowest BCUT2D eigenvalue weighted by Gasteiger charge is -2.17. The van der Waals surface area contributed by atoms with Gasteiger partial charge in [0.1, 0.15) is 11.3 Å². The zero-order valence-electron chi connectivity index (χ0n) is 14.3. The third-order valence-electron chi connectivity index (χ3n) is 4.70. The monoisotopic (exact) mass is 395 g/mol. The normalized spacial score (nSPS) is 11.5. The van der Waals surface area contributed by atoms with Crippen LogP contribution in [0.25, 0.3) is 27.7 Å². The van der Waals surface area contributed by atoms with Gasteiger partial charge in [-0.15, -0.1) is 0 Å². The van der Waals surface area contributed by atoms with Gasteiger partial charge in [-0.25, -0.2) is 9.97 Å². The van der Waals surface area contributed by atoms with Crippen molar-refractivity contribution in [1.29, 1.82) is 0 Å². The number of hydrogen-bond donors (Lipinski definition) is 2. The molecule has 0 saturated heterocycles. The van der Waals surface area contributed by atoms with Crippen LogP contribution >= 0.6 is 15.9 Å². The molecule has 25 heavy (non-hydrogen) atoms. The van der Waals surface area contributed by atoms with Crippen LogP contribution in [-0.4, -0.2) is 14.4 Å². The number of nitrogens with two attached hydrogens (primary N) is 2. The molecule has 4 rings (SSSR count). The van der Waals surface area contributed by atoms with Crippen LogP contribution in [0.3, 0.4) is 0 Å². The number of fused-ring (bicyclic) bond motifs is 3. The summed E-state index contributed by atoms with van der Waals surface area (Å²) in [7, 11) is 0. The lowest BCUT2D eigenvalue weighted by Crippen LogP contribution is -2.03. The number of aromatic nitrogens is 3. The van der Waals surface area contributed by atoms with Crippen molar-refractivity contribution in [2.45, 2.75) is 20.8 Å². The average molecular weight is 396 g/mol. The van der Waals surface area contributed by atoms with Crippen LogP contribution in [0.5, 0.6) is 0 Å². The Balaban J connectivity index is 2.20. The number of halogens is 1. The summed E-state index contributed by atoms with van der Waals surface area (Å²) in [5.74, 6) is 0.443. The molecule has 0 aliphatic rings. The van der Waals surface area contributed by atoms with E-state index in [4.69, 9.17) is 11.5 Å². The summed E-state index contributed by atoms with van der Waals surface area (Å²) in [6, 6.07) is 6.11. The van der Waals surface area contributed by atoms with Crippen LogP contribution in [0.4, 0.5) is 11.5 Å². The molecule has 0 fully saturated rings. The molecule has 0 bridgehead atoms. The molecule has 0 radical (unpaired) electrons. The van der Waals surface area contributed by atoms with E-state index in [-0.39, 0.29) is 0 Å². The molecule has 126 valence electrons. The van der Waals surface area contributed by atoms with E-state index in [1.165, 1.54) is 16.7 Å². The third kappa shape index (κ3) is 2.21. The molecule has 4 aromatic rings. The number of aryl methyl sites for hydroxylation is 2. The fourth-order valence-corrected chi connectivity index (χ4v) is 3.89. The summed E-state index contributed by atoms with van der Waals surface area (Å²) in [5.41, 5.74) is 21.2. The van der Waals surface area contributed by atoms with Gasteiger partial charge in [0.2, 0.25) is 0 Å². The lowest BCUT2D eigenvalue weighted by atomic mass is 9.92. The van der Waals surface area contributed by atoms with Crippen LogP contribution in [0, 0.1) is 20.8 Å². The lowest BCUT2D eigenvalue weighted by molar-refractivity contribution is 1.19. The predicted octanol–water partition coefficient (Wildman–Crippen LogP) is 4.40. The number of nitrogen functional groups attached to an aromatic ring is 2. The van der Waals surface area contributed by atoms with Crippen molar-refractivity contribution in [3.8, 4) is 11.1 Å². The topological polar surface area (TPSA) is 82.2 Å². The fraction of sp³-hybridized carbons (Fsp3) is 0.158. The van der Waals surface area contributed by atoms with Crippen molar-refractivity contribution >= 4 is 44.0 Å². The Morgan fingerprint density at radius 3 is 2.60 bits per heavy atom. The molecule has 5 nitrogen and oxygen atoms in total. The third-order valence-corrected chi connectivity index (χ3v) is 5.92. The minimum Gasteiger partial charge on any atom is -0.397 e. The van der Waals surface area contributed by atoms with Crippen molar-refractivity contribution in [3.63, 3.8) is 0 Å². The molecule has 0 saturated carbocycles. The number of hydrogen-bond acceptors (Lipinski definition) is 4. The van der Waals surface area contributed by atoms with E-state index in [1.807, 2.05) is 16.5 Å². The highest BCUT2D eigenvalue weighted by Crippen LogP contribution is 2.39. The first kappa shape index (κ1) is 15.9. The van der Waals surface area contributed by atoms with Gasteiger partial charge in [0, 0.05) is 10.0 Å². The van der Waals surface area contributed by atoms with Crippen LogP contribution in [-0.2, 0) is 0 Å². The molecular weight excluding hydrogens is 378 g/mol. The predicted molar refractivity (Wildman–Crippen MR) is 107 cm³/mol. The Bertz CT molecular complexity index is 1160. The van der Waals surface area contributed by atoms with Gasteiger partial charge in [-0.3, -0.25) is 4.40 Å². The van der Waals surface area contributed by atoms with E-state index in [0.717, 1.165) is 32.1 Å². The first-order chi connectivity index (χ1) is 11.9. The summed E-state index contributed by atoms with van der Waals surface area (Å²) >= 11 is 3.70. The summed E-state index contributed by atoms with van der Waals surface area (Å²) in [6.45, 7) is 6.32. The molecule has 0 aliphatic carbocycles. The van der Waals surface area contributed by atoms with Crippen molar-refractivity contribution in [2.75, 3.05) is 11.5 Å². The van der Waals surface area contributed by atoms with Crippen LogP contribution in [0.15, 0.2) is 35.2 Å². The fourth-order valence-electron chi connectivity index (χ4n) is 3.58. The maximum atomic E-state index is 6.27. The quantitative estimate of drug-likeness (QED) is 0.467. The van der Waals surface area contributed by atoms with Crippen molar-refractivity contribution in [1.82, 2.24) is 14.4 Å². The molecule has 4 N–H and O–H groups in total. The molecule has 6 heteroatoms. The largest absolute Gasteiger partial charge is 0.397 e. The van der Waals surface area contributed by atoms with Gasteiger partial charge in [0.05, 0.1) is 29.2 Å². The summed E-state index contributed by atoms with van der Waals surface area (Å²) in [5, 5.41) is 0. The SMILES string of the molecule is Cc1cc(C)c(-c2ccc(N)c3c2nc(N)c2cncn23)c(C)c1Br. The molecule has 0 spiro atoms. The zero-order valence-corrected chi connectivity index (χ0v) is 15.8. The minimum atomic E-state index is 0.443. The minimum absolute atomic E-state index is 0.443. The van der Waals surface area contributed by atoms with E-state index < -0.39 is 0 Å². The van der Waals surface area contributed by atoms with Gasteiger partial charge in [-0.05, 0) is 55.2 Å². The first-order valence-corrected chi connectivity index (χ1v) is 8.76. The molecule has 0 amide bonds. The van der Waals surface area contributed by atoms with Crippen molar-refractivity contribution < 1.29 is 0 Å². The summed E-state index contributed by atoms with van der Waals surface area (Å²) in [6.07, 6.45) is 3.42. The van der Waals surface area contributed by atoms with Gasteiger partial charge in [0.25, 0.3) is 0 Å². The molecule has 0 atom stereocenters. The highest BCUT2D eigenvalue weighted by molar-refractivity contribution is 9.10.